The topological polar surface area (TPSA) is 33.3 Å². The van der Waals surface area contributed by atoms with Gasteiger partial charge in [-0.25, -0.2) is 0 Å². The molecule has 17 heavy (non-hydrogen) atoms. The van der Waals surface area contributed by atoms with Gasteiger partial charge in [0.1, 0.15) is 0 Å². The first-order chi connectivity index (χ1) is 8.27. The van der Waals surface area contributed by atoms with E-state index in [9.17, 15) is 0 Å². The fraction of sp³-hybridized carbons (Fsp3) is 0.571. The minimum Gasteiger partial charge on any atom is -0.384 e. The number of nitrogens with one attached hydrogen (secondary N) is 2. The minimum atomic E-state index is 0.154. The number of para-hydroxylation sites is 1. The van der Waals surface area contributed by atoms with Crippen molar-refractivity contribution in [3.05, 3.63) is 29.3 Å². The maximum Gasteiger partial charge on any atom is 0.0646 e. The largest absolute Gasteiger partial charge is 0.384 e. The molecule has 2 N–H and O–H groups in total. The van der Waals surface area contributed by atoms with Crippen molar-refractivity contribution in [1.82, 2.24) is 5.32 Å². The molecule has 3 rings (SSSR count). The fourth-order valence-electron chi connectivity index (χ4n) is 2.67. The molecule has 2 heterocycles. The van der Waals surface area contributed by atoms with Gasteiger partial charge in [0.25, 0.3) is 0 Å². The van der Waals surface area contributed by atoms with Gasteiger partial charge in [-0.1, -0.05) is 18.2 Å². The third kappa shape index (κ3) is 2.17. The predicted molar refractivity (Wildman–Crippen MR) is 69.3 cm³/mol. The summed E-state index contributed by atoms with van der Waals surface area (Å²) in [6.45, 7) is 5.96. The van der Waals surface area contributed by atoms with E-state index in [2.05, 4.69) is 35.8 Å². The van der Waals surface area contributed by atoms with Crippen molar-refractivity contribution in [2.75, 3.05) is 25.1 Å². The van der Waals surface area contributed by atoms with Crippen LogP contribution in [-0.4, -0.2) is 25.3 Å². The van der Waals surface area contributed by atoms with Crippen LogP contribution in [0.5, 0.6) is 0 Å². The maximum absolute atomic E-state index is 5.46. The molecule has 0 aliphatic carbocycles. The summed E-state index contributed by atoms with van der Waals surface area (Å²) >= 11 is 0. The van der Waals surface area contributed by atoms with Crippen molar-refractivity contribution in [2.24, 2.45) is 0 Å². The second kappa shape index (κ2) is 4.31. The molecule has 0 saturated carbocycles. The molecule has 92 valence electrons. The Morgan fingerprint density at radius 2 is 2.41 bits per heavy atom. The SMILES string of the molecule is CC1(NCc2cccc3c2NCC3)CCOC1. The highest BCUT2D eigenvalue weighted by Gasteiger charge is 2.29. The summed E-state index contributed by atoms with van der Waals surface area (Å²) < 4.78 is 5.46. The molecule has 1 unspecified atom stereocenters. The van der Waals surface area contributed by atoms with Gasteiger partial charge in [0.05, 0.1) is 6.61 Å². The van der Waals surface area contributed by atoms with Crippen molar-refractivity contribution in [1.29, 1.82) is 0 Å². The third-order valence-corrected chi connectivity index (χ3v) is 3.86. The van der Waals surface area contributed by atoms with Gasteiger partial charge in [-0.2, -0.15) is 0 Å². The standard InChI is InChI=1S/C14H20N2O/c1-14(6-8-17-10-14)16-9-12-4-2-3-11-5-7-15-13(11)12/h2-4,15-16H,5-10H2,1H3. The van der Waals surface area contributed by atoms with Crippen LogP contribution in [0.1, 0.15) is 24.5 Å². The summed E-state index contributed by atoms with van der Waals surface area (Å²) in [6.07, 6.45) is 2.26. The lowest BCUT2D eigenvalue weighted by molar-refractivity contribution is 0.171. The van der Waals surface area contributed by atoms with Gasteiger partial charge < -0.3 is 15.4 Å². The number of hydrogen-bond donors (Lipinski definition) is 2. The zero-order chi connectivity index (χ0) is 11.7. The Hall–Kier alpha value is -1.06. The van der Waals surface area contributed by atoms with Gasteiger partial charge in [0, 0.05) is 30.9 Å². The van der Waals surface area contributed by atoms with E-state index in [1.165, 1.54) is 16.8 Å². The minimum absolute atomic E-state index is 0.154. The monoisotopic (exact) mass is 232 g/mol. The van der Waals surface area contributed by atoms with Crippen LogP contribution in [0.25, 0.3) is 0 Å². The molecular formula is C14H20N2O. The highest BCUT2D eigenvalue weighted by atomic mass is 16.5. The maximum atomic E-state index is 5.46. The summed E-state index contributed by atoms with van der Waals surface area (Å²) in [6, 6.07) is 6.60. The molecule has 0 aromatic heterocycles. The van der Waals surface area contributed by atoms with Gasteiger partial charge in [-0.05, 0) is 30.9 Å². The van der Waals surface area contributed by atoms with Crippen LogP contribution >= 0.6 is 0 Å². The number of rotatable bonds is 3. The highest BCUT2D eigenvalue weighted by Crippen LogP contribution is 2.27. The Balaban J connectivity index is 1.71. The molecule has 0 bridgehead atoms. The smallest absolute Gasteiger partial charge is 0.0646 e. The van der Waals surface area contributed by atoms with Gasteiger partial charge in [0.2, 0.25) is 0 Å². The molecule has 2 aliphatic rings. The molecule has 0 radical (unpaired) electrons. The molecule has 0 amide bonds. The first kappa shape index (κ1) is 11.1. The van der Waals surface area contributed by atoms with Crippen LogP contribution in [0.15, 0.2) is 18.2 Å². The van der Waals surface area contributed by atoms with Gasteiger partial charge >= 0.3 is 0 Å². The molecule has 1 aromatic carbocycles. The second-order valence-corrected chi connectivity index (χ2v) is 5.34. The van der Waals surface area contributed by atoms with Crippen molar-refractivity contribution in [3.8, 4) is 0 Å². The zero-order valence-electron chi connectivity index (χ0n) is 10.4. The van der Waals surface area contributed by atoms with Gasteiger partial charge in [0.15, 0.2) is 0 Å². The molecular weight excluding hydrogens is 212 g/mol. The molecule has 1 aromatic rings. The number of hydrogen-bond acceptors (Lipinski definition) is 3. The van der Waals surface area contributed by atoms with Crippen LogP contribution in [0.3, 0.4) is 0 Å². The summed E-state index contributed by atoms with van der Waals surface area (Å²) in [5, 5.41) is 7.12. The van der Waals surface area contributed by atoms with Crippen LogP contribution in [0, 0.1) is 0 Å². The predicted octanol–water partition coefficient (Wildman–Crippen LogP) is 1.92. The average Bonchev–Trinajstić information content (AvgIpc) is 2.95. The average molecular weight is 232 g/mol. The van der Waals surface area contributed by atoms with Crippen molar-refractivity contribution < 1.29 is 4.74 Å². The first-order valence-electron chi connectivity index (χ1n) is 6.44. The van der Waals surface area contributed by atoms with Gasteiger partial charge in [-0.15, -0.1) is 0 Å². The number of ether oxygens (including phenoxy) is 1. The Kier molecular flexibility index (Phi) is 2.81. The molecule has 2 aliphatic heterocycles. The molecule has 3 nitrogen and oxygen atoms in total. The summed E-state index contributed by atoms with van der Waals surface area (Å²) in [5.41, 5.74) is 4.34. The normalized spacial score (nSPS) is 26.9. The lowest BCUT2D eigenvalue weighted by Crippen LogP contribution is -2.42. The summed E-state index contributed by atoms with van der Waals surface area (Å²) in [5.74, 6) is 0. The fourth-order valence-corrected chi connectivity index (χ4v) is 2.67. The number of anilines is 1. The third-order valence-electron chi connectivity index (χ3n) is 3.86. The number of benzene rings is 1. The van der Waals surface area contributed by atoms with Crippen molar-refractivity contribution in [3.63, 3.8) is 0 Å². The van der Waals surface area contributed by atoms with Crippen LogP contribution in [-0.2, 0) is 17.7 Å². The summed E-state index contributed by atoms with van der Waals surface area (Å²) in [7, 11) is 0. The van der Waals surface area contributed by atoms with Crippen LogP contribution in [0.4, 0.5) is 5.69 Å². The van der Waals surface area contributed by atoms with Crippen molar-refractivity contribution >= 4 is 5.69 Å². The van der Waals surface area contributed by atoms with Crippen LogP contribution in [0.2, 0.25) is 0 Å². The number of fused-ring (bicyclic) bond motifs is 1. The van der Waals surface area contributed by atoms with E-state index in [1.54, 1.807) is 0 Å². The Labute approximate surface area is 103 Å². The van der Waals surface area contributed by atoms with E-state index in [4.69, 9.17) is 4.74 Å². The lowest BCUT2D eigenvalue weighted by atomic mass is 10.0. The Bertz CT molecular complexity index is 411. The lowest BCUT2D eigenvalue weighted by Gasteiger charge is -2.24. The van der Waals surface area contributed by atoms with Crippen molar-refractivity contribution in [2.45, 2.75) is 31.8 Å². The molecule has 1 atom stereocenters. The second-order valence-electron chi connectivity index (χ2n) is 5.34. The van der Waals surface area contributed by atoms with E-state index < -0.39 is 0 Å². The highest BCUT2D eigenvalue weighted by molar-refractivity contribution is 5.61. The molecule has 0 spiro atoms. The Morgan fingerprint density at radius 1 is 1.47 bits per heavy atom. The van der Waals surface area contributed by atoms with E-state index in [0.29, 0.717) is 0 Å². The first-order valence-corrected chi connectivity index (χ1v) is 6.44. The van der Waals surface area contributed by atoms with E-state index in [-0.39, 0.29) is 5.54 Å². The van der Waals surface area contributed by atoms with Gasteiger partial charge in [-0.3, -0.25) is 0 Å². The van der Waals surface area contributed by atoms with E-state index in [0.717, 1.165) is 39.1 Å². The van der Waals surface area contributed by atoms with E-state index in [1.807, 2.05) is 0 Å². The Morgan fingerprint density at radius 3 is 3.24 bits per heavy atom. The van der Waals surface area contributed by atoms with Crippen LogP contribution < -0.4 is 10.6 Å². The summed E-state index contributed by atoms with van der Waals surface area (Å²) in [4.78, 5) is 0. The molecule has 3 heteroatoms. The molecule has 1 fully saturated rings. The van der Waals surface area contributed by atoms with E-state index >= 15 is 0 Å². The quantitative estimate of drug-likeness (QED) is 0.835. The zero-order valence-corrected chi connectivity index (χ0v) is 10.4. The molecule has 1 saturated heterocycles.